The minimum Gasteiger partial charge on any atom is -0.480 e. The Balaban J connectivity index is 2.32. The minimum absolute atomic E-state index is 0.105. The van der Waals surface area contributed by atoms with Gasteiger partial charge in [0, 0.05) is 17.7 Å². The molecule has 0 aromatic carbocycles. The minimum atomic E-state index is -1.20. The van der Waals surface area contributed by atoms with Crippen molar-refractivity contribution in [2.24, 2.45) is 5.41 Å². The fourth-order valence-corrected chi connectivity index (χ4v) is 2.93. The summed E-state index contributed by atoms with van der Waals surface area (Å²) in [4.78, 5) is 50.7. The van der Waals surface area contributed by atoms with E-state index in [-0.39, 0.29) is 23.2 Å². The number of aliphatic carboxylic acids is 1. The molecule has 7 nitrogen and oxygen atoms in total. The Morgan fingerprint density at radius 3 is 2.64 bits per heavy atom. The summed E-state index contributed by atoms with van der Waals surface area (Å²) in [7, 11) is 0. The zero-order chi connectivity index (χ0) is 18.8. The molecule has 0 aliphatic heterocycles. The van der Waals surface area contributed by atoms with Gasteiger partial charge >= 0.3 is 5.97 Å². The van der Waals surface area contributed by atoms with Crippen LogP contribution in [0.15, 0.2) is 23.0 Å². The van der Waals surface area contributed by atoms with Crippen molar-refractivity contribution >= 4 is 17.7 Å². The third kappa shape index (κ3) is 4.23. The Morgan fingerprint density at radius 2 is 2.04 bits per heavy atom. The summed E-state index contributed by atoms with van der Waals surface area (Å²) in [6, 6.07) is 0.129. The number of carbonyl (C=O) groups is 3. The third-order valence-corrected chi connectivity index (χ3v) is 4.17. The lowest BCUT2D eigenvalue weighted by Crippen LogP contribution is -2.42. The molecule has 0 saturated carbocycles. The van der Waals surface area contributed by atoms with E-state index in [1.807, 2.05) is 13.8 Å². The second-order valence-corrected chi connectivity index (χ2v) is 7.01. The molecule has 1 aliphatic rings. The first-order chi connectivity index (χ1) is 11.6. The van der Waals surface area contributed by atoms with E-state index >= 15 is 0 Å². The molecule has 1 atom stereocenters. The van der Waals surface area contributed by atoms with Gasteiger partial charge in [-0.3, -0.25) is 14.4 Å². The number of rotatable bonds is 5. The Bertz CT molecular complexity index is 804. The summed E-state index contributed by atoms with van der Waals surface area (Å²) in [5, 5.41) is 11.5. The molecular weight excluding hydrogens is 324 g/mol. The summed E-state index contributed by atoms with van der Waals surface area (Å²) in [6.45, 7) is 5.61. The third-order valence-electron chi connectivity index (χ3n) is 4.17. The van der Waals surface area contributed by atoms with Crippen LogP contribution in [0.1, 0.15) is 60.0 Å². The monoisotopic (exact) mass is 346 g/mol. The highest BCUT2D eigenvalue weighted by Gasteiger charge is 2.33. The standard InChI is InChI=1S/C18H22N2O5/c1-4-5-6-12(17(24)25)19-15(22)11-7-10-13(20-16(11)23)8-18(2,3)9-14(10)21/h4-5,7,12H,6,8-9H2,1-3H3,(H,19,22)(H,20,23)(H,24,25)/b5-4+. The van der Waals surface area contributed by atoms with Gasteiger partial charge in [-0.05, 0) is 31.2 Å². The number of aromatic nitrogens is 1. The summed E-state index contributed by atoms with van der Waals surface area (Å²) >= 11 is 0. The normalized spacial score (nSPS) is 17.2. The maximum absolute atomic E-state index is 12.3. The highest BCUT2D eigenvalue weighted by molar-refractivity contribution is 6.02. The maximum atomic E-state index is 12.3. The van der Waals surface area contributed by atoms with E-state index in [4.69, 9.17) is 5.11 Å². The average molecular weight is 346 g/mol. The Hall–Kier alpha value is -2.70. The first-order valence-corrected chi connectivity index (χ1v) is 8.09. The van der Waals surface area contributed by atoms with Crippen molar-refractivity contribution in [1.82, 2.24) is 10.3 Å². The molecule has 1 unspecified atom stereocenters. The van der Waals surface area contributed by atoms with Crippen molar-refractivity contribution < 1.29 is 19.5 Å². The summed E-state index contributed by atoms with van der Waals surface area (Å²) in [5.74, 6) is -2.14. The zero-order valence-electron chi connectivity index (χ0n) is 14.5. The highest BCUT2D eigenvalue weighted by atomic mass is 16.4. The number of ketones is 1. The number of amides is 1. The molecule has 0 bridgehead atoms. The van der Waals surface area contributed by atoms with Crippen LogP contribution in [0.5, 0.6) is 0 Å². The largest absolute Gasteiger partial charge is 0.480 e. The molecule has 0 fully saturated rings. The number of aromatic amines is 1. The predicted molar refractivity (Wildman–Crippen MR) is 91.8 cm³/mol. The lowest BCUT2D eigenvalue weighted by atomic mass is 9.75. The number of hydrogen-bond donors (Lipinski definition) is 3. The van der Waals surface area contributed by atoms with Crippen LogP contribution >= 0.6 is 0 Å². The SMILES string of the molecule is C/C=C/CC(NC(=O)c1cc2c([nH]c1=O)CC(C)(C)CC2=O)C(=O)O. The highest BCUT2D eigenvalue weighted by Crippen LogP contribution is 2.33. The van der Waals surface area contributed by atoms with Gasteiger partial charge in [-0.2, -0.15) is 0 Å². The number of hydrogen-bond acceptors (Lipinski definition) is 4. The number of carbonyl (C=O) groups excluding carboxylic acids is 2. The second kappa shape index (κ2) is 7.04. The number of H-pyrrole nitrogens is 1. The molecule has 1 aromatic heterocycles. The Kier molecular flexibility index (Phi) is 5.25. The molecule has 1 amide bonds. The lowest BCUT2D eigenvalue weighted by Gasteiger charge is -2.29. The van der Waals surface area contributed by atoms with Gasteiger partial charge in [0.2, 0.25) is 0 Å². The van der Waals surface area contributed by atoms with Gasteiger partial charge in [-0.25, -0.2) is 4.79 Å². The van der Waals surface area contributed by atoms with Crippen molar-refractivity contribution in [3.8, 4) is 0 Å². The number of Topliss-reactive ketones (excluding diaryl/α,β-unsaturated/α-hetero) is 1. The molecule has 0 radical (unpaired) electrons. The van der Waals surface area contributed by atoms with Gasteiger partial charge in [-0.1, -0.05) is 26.0 Å². The zero-order valence-corrected chi connectivity index (χ0v) is 14.5. The lowest BCUT2D eigenvalue weighted by molar-refractivity contribution is -0.139. The molecule has 1 aromatic rings. The van der Waals surface area contributed by atoms with E-state index in [1.165, 1.54) is 6.07 Å². The van der Waals surface area contributed by atoms with Crippen LogP contribution in [0.2, 0.25) is 0 Å². The van der Waals surface area contributed by atoms with E-state index in [2.05, 4.69) is 10.3 Å². The summed E-state index contributed by atoms with van der Waals surface area (Å²) in [5.41, 5.74) is -0.288. The first-order valence-electron chi connectivity index (χ1n) is 8.09. The predicted octanol–water partition coefficient (Wildman–Crippen LogP) is 1.68. The molecule has 1 aliphatic carbocycles. The molecule has 0 spiro atoms. The molecule has 7 heteroatoms. The molecular formula is C18H22N2O5. The average Bonchev–Trinajstić information content (AvgIpc) is 2.49. The van der Waals surface area contributed by atoms with E-state index < -0.39 is 23.5 Å². The summed E-state index contributed by atoms with van der Waals surface area (Å²) < 4.78 is 0. The van der Waals surface area contributed by atoms with Gasteiger partial charge in [0.25, 0.3) is 11.5 Å². The number of pyridine rings is 1. The number of allylic oxidation sites excluding steroid dienone is 1. The van der Waals surface area contributed by atoms with Crippen LogP contribution in [0.25, 0.3) is 0 Å². The Morgan fingerprint density at radius 1 is 1.36 bits per heavy atom. The first kappa shape index (κ1) is 18.6. The fourth-order valence-electron chi connectivity index (χ4n) is 2.93. The van der Waals surface area contributed by atoms with Crippen LogP contribution in [0, 0.1) is 5.41 Å². The van der Waals surface area contributed by atoms with Crippen LogP contribution < -0.4 is 10.9 Å². The van der Waals surface area contributed by atoms with Crippen molar-refractivity contribution in [3.63, 3.8) is 0 Å². The number of carboxylic acid groups (broad SMARTS) is 1. The summed E-state index contributed by atoms with van der Waals surface area (Å²) in [6.07, 6.45) is 4.25. The Labute approximate surface area is 145 Å². The topological polar surface area (TPSA) is 116 Å². The van der Waals surface area contributed by atoms with Crippen LogP contribution in [-0.4, -0.2) is 33.8 Å². The maximum Gasteiger partial charge on any atom is 0.326 e. The van der Waals surface area contributed by atoms with Crippen LogP contribution in [0.3, 0.4) is 0 Å². The van der Waals surface area contributed by atoms with E-state index in [0.29, 0.717) is 24.1 Å². The van der Waals surface area contributed by atoms with Crippen molar-refractivity contribution in [2.75, 3.05) is 0 Å². The molecule has 0 saturated heterocycles. The van der Waals surface area contributed by atoms with Crippen LogP contribution in [-0.2, 0) is 11.2 Å². The van der Waals surface area contributed by atoms with E-state index in [1.54, 1.807) is 19.1 Å². The smallest absolute Gasteiger partial charge is 0.326 e. The molecule has 134 valence electrons. The van der Waals surface area contributed by atoms with Gasteiger partial charge in [0.05, 0.1) is 0 Å². The van der Waals surface area contributed by atoms with Crippen molar-refractivity contribution in [2.45, 2.75) is 46.1 Å². The quantitative estimate of drug-likeness (QED) is 0.701. The van der Waals surface area contributed by atoms with Gasteiger partial charge in [0.15, 0.2) is 5.78 Å². The molecule has 2 rings (SSSR count). The molecule has 1 heterocycles. The number of nitrogens with one attached hydrogen (secondary N) is 2. The molecule has 3 N–H and O–H groups in total. The second-order valence-electron chi connectivity index (χ2n) is 7.01. The van der Waals surface area contributed by atoms with Gasteiger partial charge < -0.3 is 15.4 Å². The van der Waals surface area contributed by atoms with Gasteiger partial charge in [0.1, 0.15) is 11.6 Å². The van der Waals surface area contributed by atoms with E-state index in [0.717, 1.165) is 0 Å². The van der Waals surface area contributed by atoms with E-state index in [9.17, 15) is 19.2 Å². The van der Waals surface area contributed by atoms with Crippen molar-refractivity contribution in [3.05, 3.63) is 45.4 Å². The molecule has 25 heavy (non-hydrogen) atoms. The number of fused-ring (bicyclic) bond motifs is 1. The van der Waals surface area contributed by atoms with Crippen LogP contribution in [0.4, 0.5) is 0 Å². The van der Waals surface area contributed by atoms with Gasteiger partial charge in [-0.15, -0.1) is 0 Å². The van der Waals surface area contributed by atoms with Crippen molar-refractivity contribution in [1.29, 1.82) is 0 Å². The number of carboxylic acids is 1. The fraction of sp³-hybridized carbons (Fsp3) is 0.444.